The van der Waals surface area contributed by atoms with E-state index in [-0.39, 0.29) is 5.82 Å². The molecule has 1 heterocycles. The van der Waals surface area contributed by atoms with Crippen LogP contribution in [0.4, 0.5) is 4.39 Å². The molecule has 1 saturated carbocycles. The van der Waals surface area contributed by atoms with Crippen molar-refractivity contribution in [1.82, 2.24) is 10.5 Å². The Hall–Kier alpha value is -1.20. The summed E-state index contributed by atoms with van der Waals surface area (Å²) < 4.78 is 19.0. The zero-order valence-corrected chi connectivity index (χ0v) is 11.2. The number of aromatic nitrogens is 1. The Morgan fingerprint density at radius 3 is 3.00 bits per heavy atom. The van der Waals surface area contributed by atoms with Gasteiger partial charge in [-0.15, -0.1) is 0 Å². The van der Waals surface area contributed by atoms with Crippen LogP contribution in [-0.2, 0) is 6.54 Å². The van der Waals surface area contributed by atoms with Crippen LogP contribution in [-0.4, -0.2) is 11.2 Å². The maximum Gasteiger partial charge on any atom is 0.172 e. The highest BCUT2D eigenvalue weighted by atomic mass is 79.9. The minimum absolute atomic E-state index is 0.275. The SMILES string of the molecule is Fc1ccc(-c2oncc2CNC2CC2)c(Br)c1. The first kappa shape index (κ1) is 11.9. The molecule has 1 aromatic carbocycles. The van der Waals surface area contributed by atoms with Gasteiger partial charge in [0.25, 0.3) is 0 Å². The molecular weight excluding hydrogens is 299 g/mol. The molecule has 1 aromatic heterocycles. The highest BCUT2D eigenvalue weighted by Crippen LogP contribution is 2.31. The Labute approximate surface area is 112 Å². The summed E-state index contributed by atoms with van der Waals surface area (Å²) in [5, 5.41) is 7.24. The molecule has 0 spiro atoms. The number of hydrogen-bond acceptors (Lipinski definition) is 3. The normalized spacial score (nSPS) is 15.0. The molecule has 94 valence electrons. The highest BCUT2D eigenvalue weighted by molar-refractivity contribution is 9.10. The highest BCUT2D eigenvalue weighted by Gasteiger charge is 2.22. The molecule has 0 atom stereocenters. The lowest BCUT2D eigenvalue weighted by Crippen LogP contribution is -2.15. The van der Waals surface area contributed by atoms with Crippen molar-refractivity contribution < 1.29 is 8.91 Å². The summed E-state index contributed by atoms with van der Waals surface area (Å²) in [6.45, 7) is 0.729. The Bertz CT molecular complexity index is 566. The number of nitrogens with zero attached hydrogens (tertiary/aromatic N) is 1. The minimum Gasteiger partial charge on any atom is -0.356 e. The molecule has 3 nitrogen and oxygen atoms in total. The Kier molecular flexibility index (Phi) is 3.18. The number of nitrogens with one attached hydrogen (secondary N) is 1. The first-order valence-corrected chi connectivity index (χ1v) is 6.65. The fourth-order valence-corrected chi connectivity index (χ4v) is 2.35. The molecule has 0 radical (unpaired) electrons. The molecule has 5 heteroatoms. The van der Waals surface area contributed by atoms with Gasteiger partial charge < -0.3 is 9.84 Å². The number of hydrogen-bond donors (Lipinski definition) is 1. The molecule has 0 saturated heterocycles. The maximum absolute atomic E-state index is 13.1. The largest absolute Gasteiger partial charge is 0.356 e. The van der Waals surface area contributed by atoms with E-state index in [1.54, 1.807) is 12.3 Å². The van der Waals surface area contributed by atoms with E-state index >= 15 is 0 Å². The predicted molar refractivity (Wildman–Crippen MR) is 69.5 cm³/mol. The summed E-state index contributed by atoms with van der Waals surface area (Å²) in [4.78, 5) is 0. The molecule has 3 rings (SSSR count). The molecule has 1 aliphatic carbocycles. The summed E-state index contributed by atoms with van der Waals surface area (Å²) >= 11 is 3.35. The maximum atomic E-state index is 13.1. The predicted octanol–water partition coefficient (Wildman–Crippen LogP) is 3.50. The molecule has 1 N–H and O–H groups in total. The van der Waals surface area contributed by atoms with Crippen molar-refractivity contribution in [2.24, 2.45) is 0 Å². The second-order valence-electron chi connectivity index (χ2n) is 4.46. The standard InChI is InChI=1S/C13H12BrFN2O/c14-12-5-9(15)1-4-11(12)13-8(7-17-18-13)6-16-10-2-3-10/h1,4-5,7,10,16H,2-3,6H2. The summed E-state index contributed by atoms with van der Waals surface area (Å²) in [6.07, 6.45) is 4.18. The topological polar surface area (TPSA) is 38.1 Å². The van der Waals surface area contributed by atoms with Crippen molar-refractivity contribution in [3.8, 4) is 11.3 Å². The molecular formula is C13H12BrFN2O. The van der Waals surface area contributed by atoms with Crippen molar-refractivity contribution in [3.63, 3.8) is 0 Å². The lowest BCUT2D eigenvalue weighted by atomic mass is 10.1. The third-order valence-corrected chi connectivity index (χ3v) is 3.63. The van der Waals surface area contributed by atoms with E-state index < -0.39 is 0 Å². The molecule has 0 aliphatic heterocycles. The van der Waals surface area contributed by atoms with Crippen molar-refractivity contribution in [1.29, 1.82) is 0 Å². The van der Waals surface area contributed by atoms with Crippen LogP contribution in [0, 0.1) is 5.82 Å². The third-order valence-electron chi connectivity index (χ3n) is 2.98. The first-order chi connectivity index (χ1) is 8.74. The van der Waals surface area contributed by atoms with E-state index in [2.05, 4.69) is 26.4 Å². The average Bonchev–Trinajstić information content (AvgIpc) is 3.06. The Morgan fingerprint density at radius 1 is 1.44 bits per heavy atom. The zero-order chi connectivity index (χ0) is 12.5. The summed E-state index contributed by atoms with van der Waals surface area (Å²) in [7, 11) is 0. The van der Waals surface area contributed by atoms with Gasteiger partial charge in [0.05, 0.1) is 6.20 Å². The van der Waals surface area contributed by atoms with Crippen molar-refractivity contribution in [2.45, 2.75) is 25.4 Å². The lowest BCUT2D eigenvalue weighted by Gasteiger charge is -2.04. The zero-order valence-electron chi connectivity index (χ0n) is 9.62. The van der Waals surface area contributed by atoms with Crippen molar-refractivity contribution >= 4 is 15.9 Å². The van der Waals surface area contributed by atoms with Crippen LogP contribution in [0.25, 0.3) is 11.3 Å². The van der Waals surface area contributed by atoms with Gasteiger partial charge in [-0.1, -0.05) is 5.16 Å². The van der Waals surface area contributed by atoms with Crippen LogP contribution < -0.4 is 5.32 Å². The molecule has 0 bridgehead atoms. The number of rotatable bonds is 4. The van der Waals surface area contributed by atoms with E-state index in [4.69, 9.17) is 4.52 Å². The molecule has 1 fully saturated rings. The molecule has 1 aliphatic rings. The van der Waals surface area contributed by atoms with Crippen molar-refractivity contribution in [3.05, 3.63) is 40.2 Å². The Morgan fingerprint density at radius 2 is 2.28 bits per heavy atom. The van der Waals surface area contributed by atoms with Crippen LogP contribution in [0.3, 0.4) is 0 Å². The molecule has 2 aromatic rings. The van der Waals surface area contributed by atoms with Gasteiger partial charge in [0.15, 0.2) is 5.76 Å². The second kappa shape index (κ2) is 4.82. The average molecular weight is 311 g/mol. The van der Waals surface area contributed by atoms with E-state index in [0.29, 0.717) is 16.3 Å². The van der Waals surface area contributed by atoms with Crippen LogP contribution in [0.1, 0.15) is 18.4 Å². The van der Waals surface area contributed by atoms with E-state index in [1.807, 2.05) is 0 Å². The van der Waals surface area contributed by atoms with Gasteiger partial charge >= 0.3 is 0 Å². The van der Waals surface area contributed by atoms with Crippen molar-refractivity contribution in [2.75, 3.05) is 0 Å². The molecule has 0 amide bonds. The van der Waals surface area contributed by atoms with Gasteiger partial charge in [-0.3, -0.25) is 0 Å². The minimum atomic E-state index is -0.275. The molecule has 0 unspecified atom stereocenters. The van der Waals surface area contributed by atoms with Gasteiger partial charge in [0.2, 0.25) is 0 Å². The summed E-state index contributed by atoms with van der Waals surface area (Å²) in [5.74, 6) is 0.415. The number of halogens is 2. The van der Waals surface area contributed by atoms with Crippen LogP contribution >= 0.6 is 15.9 Å². The third kappa shape index (κ3) is 2.47. The van der Waals surface area contributed by atoms with Gasteiger partial charge in [-0.25, -0.2) is 4.39 Å². The van der Waals surface area contributed by atoms with Gasteiger partial charge in [0.1, 0.15) is 5.82 Å². The van der Waals surface area contributed by atoms with Gasteiger partial charge in [-0.05, 0) is 47.0 Å². The van der Waals surface area contributed by atoms with E-state index in [0.717, 1.165) is 17.7 Å². The fraction of sp³-hybridized carbons (Fsp3) is 0.308. The first-order valence-electron chi connectivity index (χ1n) is 5.86. The summed E-state index contributed by atoms with van der Waals surface area (Å²) in [6, 6.07) is 5.17. The monoisotopic (exact) mass is 310 g/mol. The lowest BCUT2D eigenvalue weighted by molar-refractivity contribution is 0.431. The van der Waals surface area contributed by atoms with Crippen LogP contribution in [0.15, 0.2) is 33.4 Å². The fourth-order valence-electron chi connectivity index (χ4n) is 1.82. The number of benzene rings is 1. The smallest absolute Gasteiger partial charge is 0.172 e. The van der Waals surface area contributed by atoms with E-state index in [9.17, 15) is 4.39 Å². The van der Waals surface area contributed by atoms with E-state index in [1.165, 1.54) is 25.0 Å². The van der Waals surface area contributed by atoms with Crippen LogP contribution in [0.5, 0.6) is 0 Å². The molecule has 18 heavy (non-hydrogen) atoms. The van der Waals surface area contributed by atoms with Gasteiger partial charge in [0, 0.05) is 28.2 Å². The van der Waals surface area contributed by atoms with Gasteiger partial charge in [-0.2, -0.15) is 0 Å². The Balaban J connectivity index is 1.88. The summed E-state index contributed by atoms with van der Waals surface area (Å²) in [5.41, 5.74) is 1.82. The second-order valence-corrected chi connectivity index (χ2v) is 5.31. The van der Waals surface area contributed by atoms with Crippen LogP contribution in [0.2, 0.25) is 0 Å². The quantitative estimate of drug-likeness (QED) is 0.939.